The number of rotatable bonds is 26. The molecule has 31 heteroatoms. The van der Waals surface area contributed by atoms with E-state index in [9.17, 15) is 59.1 Å². The number of carboxylic acids is 2. The molecule has 0 radical (unpaired) electrons. The minimum Gasteiger partial charge on any atom is -0.508 e. The first-order valence-corrected chi connectivity index (χ1v) is 27.9. The standard InChI is InChI=1S/C57H59N15O15S/c1-29(63-49(77)30-5-7-31(8-6-30)61-26-34-27-62-48-47(64-34)50(78)69-54(58)68-48)4-16-45(75)67-42(52(81)82)15-17-46(76)66-41(51(79)80)3-2-21-72-28-33(70-71-72)18-22-85-56(84)60-20-19-59-55(88)65-32-9-12-38-37(23-32)53(83)87-57(38)39-13-10-35(73)24-43(39)86-44-25-36(74)11-14-40(44)57/h5-14,23-25,27-29,41-42,61,73-74H,2-4,15-22,26H2,1H3,(H,60,84)(H,63,77)(H,66,76)(H,67,75)(H,79,80)(H,81,82)(H2,59,65,88)(H3,58,62,68,69,78)/t29-,41+,42+/m1/s1. The fourth-order valence-electron chi connectivity index (χ4n) is 9.63. The largest absolute Gasteiger partial charge is 0.508 e. The van der Waals surface area contributed by atoms with Gasteiger partial charge in [0.05, 0.1) is 36.3 Å². The number of nitrogen functional groups attached to an aromatic ring is 1. The molecule has 7 aromatic rings. The molecular weight excluding hydrogens is 1170 g/mol. The highest BCUT2D eigenvalue weighted by molar-refractivity contribution is 7.80. The van der Waals surface area contributed by atoms with E-state index in [1.165, 1.54) is 35.1 Å². The highest BCUT2D eigenvalue weighted by atomic mass is 32.1. The van der Waals surface area contributed by atoms with Crippen LogP contribution in [-0.2, 0) is 53.8 Å². The Kier molecular flexibility index (Phi) is 19.2. The van der Waals surface area contributed by atoms with E-state index in [1.807, 2.05) is 0 Å². The zero-order valence-electron chi connectivity index (χ0n) is 46.8. The van der Waals surface area contributed by atoms with Gasteiger partial charge in [-0.05, 0) is 105 Å². The maximum Gasteiger partial charge on any atom is 0.407 e. The van der Waals surface area contributed by atoms with Crippen LogP contribution >= 0.6 is 12.2 Å². The molecule has 1 spiro atoms. The van der Waals surface area contributed by atoms with Crippen LogP contribution in [0.1, 0.15) is 94.2 Å². The van der Waals surface area contributed by atoms with Gasteiger partial charge in [-0.1, -0.05) is 11.3 Å². The molecule has 0 fully saturated rings. The summed E-state index contributed by atoms with van der Waals surface area (Å²) in [7, 11) is 0. The predicted octanol–water partition coefficient (Wildman–Crippen LogP) is 3.44. The Morgan fingerprint density at radius 2 is 1.41 bits per heavy atom. The van der Waals surface area contributed by atoms with Gasteiger partial charge in [0.25, 0.3) is 5.91 Å². The summed E-state index contributed by atoms with van der Waals surface area (Å²) in [5.74, 6) is -5.24. The number of aliphatic carboxylic acids is 2. The summed E-state index contributed by atoms with van der Waals surface area (Å²) in [5.41, 5.74) is 8.54. The topological polar surface area (TPSA) is 441 Å². The van der Waals surface area contributed by atoms with Gasteiger partial charge in [-0.3, -0.25) is 19.1 Å². The van der Waals surface area contributed by atoms with E-state index in [1.54, 1.807) is 67.7 Å². The monoisotopic (exact) mass is 1230 g/mol. The summed E-state index contributed by atoms with van der Waals surface area (Å²) in [4.78, 5) is 105. The lowest BCUT2D eigenvalue weighted by Crippen LogP contribution is -2.44. The van der Waals surface area contributed by atoms with E-state index in [0.717, 1.165) is 0 Å². The number of carbonyl (C=O) groups excluding carboxylic acids is 5. The van der Waals surface area contributed by atoms with Gasteiger partial charge in [-0.2, -0.15) is 9.97 Å². The molecule has 88 heavy (non-hydrogen) atoms. The number of hydrogen-bond donors (Lipinski definition) is 13. The van der Waals surface area contributed by atoms with Crippen LogP contribution in [-0.4, -0.2) is 145 Å². The molecule has 4 aromatic carbocycles. The van der Waals surface area contributed by atoms with Gasteiger partial charge in [0.2, 0.25) is 23.6 Å². The molecule has 0 saturated carbocycles. The molecule has 2 aliphatic rings. The number of amides is 4. The van der Waals surface area contributed by atoms with Crippen molar-refractivity contribution in [2.24, 2.45) is 0 Å². The molecule has 5 heterocycles. The smallest absolute Gasteiger partial charge is 0.407 e. The van der Waals surface area contributed by atoms with E-state index in [4.69, 9.17) is 32.2 Å². The quantitative estimate of drug-likeness (QED) is 0.0210. The predicted molar refractivity (Wildman–Crippen MR) is 314 cm³/mol. The van der Waals surface area contributed by atoms with Gasteiger partial charge in [0, 0.05) is 96.9 Å². The summed E-state index contributed by atoms with van der Waals surface area (Å²) >= 11 is 5.45. The van der Waals surface area contributed by atoms with Crippen molar-refractivity contribution >= 4 is 87.5 Å². The fourth-order valence-corrected chi connectivity index (χ4v) is 9.85. The third kappa shape index (κ3) is 15.1. The summed E-state index contributed by atoms with van der Waals surface area (Å²) in [6, 6.07) is 17.3. The molecule has 0 saturated heterocycles. The molecule has 14 N–H and O–H groups in total. The number of aromatic hydroxyl groups is 3. The molecule has 3 atom stereocenters. The maximum atomic E-state index is 13.5. The summed E-state index contributed by atoms with van der Waals surface area (Å²) in [6.07, 6.45) is 2.10. The number of aryl methyl sites for hydroxylation is 1. The van der Waals surface area contributed by atoms with E-state index in [-0.39, 0.29) is 122 Å². The minimum absolute atomic E-state index is 0.00966. The number of thiocarbonyl (C=S) groups is 1. The van der Waals surface area contributed by atoms with Crippen molar-refractivity contribution in [1.29, 1.82) is 0 Å². The molecule has 2 aliphatic heterocycles. The van der Waals surface area contributed by atoms with Gasteiger partial charge in [0.15, 0.2) is 21.9 Å². The minimum atomic E-state index is -1.45. The Labute approximate surface area is 504 Å². The average Bonchev–Trinajstić information content (AvgIpc) is 1.68. The number of nitrogens with two attached hydrogens (primary N) is 1. The van der Waals surface area contributed by atoms with E-state index >= 15 is 0 Å². The maximum absolute atomic E-state index is 13.5. The third-order valence-corrected chi connectivity index (χ3v) is 14.2. The first kappa shape index (κ1) is 61.6. The fraction of sp³-hybridized carbons (Fsp3) is 0.298. The van der Waals surface area contributed by atoms with E-state index in [2.05, 4.69) is 67.5 Å². The second-order valence-electron chi connectivity index (χ2n) is 20.3. The molecule has 0 bridgehead atoms. The number of phenols is 2. The highest BCUT2D eigenvalue weighted by Gasteiger charge is 2.54. The number of alkyl carbamates (subject to hydrolysis) is 1. The van der Waals surface area contributed by atoms with Gasteiger partial charge in [0.1, 0.15) is 35.1 Å². The van der Waals surface area contributed by atoms with Crippen molar-refractivity contribution < 1.29 is 73.3 Å². The van der Waals surface area contributed by atoms with Crippen molar-refractivity contribution in [2.45, 2.75) is 88.7 Å². The van der Waals surface area contributed by atoms with Crippen LogP contribution in [0, 0.1) is 0 Å². The SMILES string of the molecule is C[C@H](CCC(=O)N[C@@H](CCC(=O)N[C@@H](CCCn1cc(CCOC(=O)NCCNC(=S)Nc2ccc3c(c2)C(=O)OC32c3ccc(O)cc3Oc3cc(O)ccc32)nn1)C(=O)O)C(=O)O)NC(=O)c1ccc(NCc2cnc3nc(N)nc(O)c3n2)cc1. The Morgan fingerprint density at radius 3 is 2.10 bits per heavy atom. The number of nitrogens with one attached hydrogen (secondary N) is 7. The second kappa shape index (κ2) is 27.4. The number of carboxylic acid groups (broad SMARTS) is 2. The number of ether oxygens (including phenoxy) is 3. The Bertz CT molecular complexity index is 3780. The van der Waals surface area contributed by atoms with E-state index in [0.29, 0.717) is 45.0 Å². The second-order valence-corrected chi connectivity index (χ2v) is 20.7. The third-order valence-electron chi connectivity index (χ3n) is 14.0. The van der Waals surface area contributed by atoms with Crippen LogP contribution in [0.15, 0.2) is 91.3 Å². The van der Waals surface area contributed by atoms with Crippen LogP contribution in [0.5, 0.6) is 28.9 Å². The zero-order chi connectivity index (χ0) is 62.6. The summed E-state index contributed by atoms with van der Waals surface area (Å²) < 4.78 is 18.8. The number of phenolic OH excluding ortho intramolecular Hbond substituents is 2. The lowest BCUT2D eigenvalue weighted by atomic mass is 9.77. The average molecular weight is 1230 g/mol. The van der Waals surface area contributed by atoms with Crippen LogP contribution in [0.25, 0.3) is 11.2 Å². The number of anilines is 3. The zero-order valence-corrected chi connectivity index (χ0v) is 47.6. The van der Waals surface area contributed by atoms with Crippen LogP contribution in [0.3, 0.4) is 0 Å². The number of nitrogens with zero attached hydrogens (tertiary/aromatic N) is 7. The van der Waals surface area contributed by atoms with Crippen LogP contribution in [0.4, 0.5) is 22.1 Å². The number of fused-ring (bicyclic) bond motifs is 7. The van der Waals surface area contributed by atoms with Gasteiger partial charge in [-0.25, -0.2) is 29.1 Å². The number of hydrogen-bond acceptors (Lipinski definition) is 22. The van der Waals surface area contributed by atoms with Crippen molar-refractivity contribution in [3.63, 3.8) is 0 Å². The summed E-state index contributed by atoms with van der Waals surface area (Å²) in [6.45, 7) is 2.43. The van der Waals surface area contributed by atoms with E-state index < -0.39 is 77.8 Å². The first-order chi connectivity index (χ1) is 42.2. The molecule has 4 amide bonds. The first-order valence-electron chi connectivity index (χ1n) is 27.5. The van der Waals surface area contributed by atoms with Gasteiger partial charge < -0.3 is 82.7 Å². The molecule has 30 nitrogen and oxygen atoms in total. The summed E-state index contributed by atoms with van der Waals surface area (Å²) in [5, 5.41) is 77.6. The van der Waals surface area contributed by atoms with Crippen molar-refractivity contribution in [2.75, 3.05) is 36.1 Å². The van der Waals surface area contributed by atoms with Crippen molar-refractivity contribution in [1.82, 2.24) is 61.5 Å². The van der Waals surface area contributed by atoms with Gasteiger partial charge >= 0.3 is 24.0 Å². The Morgan fingerprint density at radius 1 is 0.761 bits per heavy atom. The molecule has 0 aliphatic carbocycles. The Hall–Kier alpha value is -11.0. The molecule has 0 unspecified atom stereocenters. The molecule has 458 valence electrons. The molecule has 3 aromatic heterocycles. The molecular formula is C57H59N15O15S. The van der Waals surface area contributed by atoms with Gasteiger partial charge in [-0.15, -0.1) is 5.10 Å². The van der Waals surface area contributed by atoms with Crippen LogP contribution in [0.2, 0.25) is 0 Å². The number of esters is 1. The van der Waals surface area contributed by atoms with Crippen molar-refractivity contribution in [3.05, 3.63) is 130 Å². The number of aromatic nitrogens is 7. The highest BCUT2D eigenvalue weighted by Crippen LogP contribution is 2.57. The number of carbonyl (C=O) groups is 7. The lowest BCUT2D eigenvalue weighted by molar-refractivity contribution is -0.143. The normalized spacial score (nSPS) is 13.4. The van der Waals surface area contributed by atoms with Crippen molar-refractivity contribution in [3.8, 4) is 28.9 Å². The number of benzene rings is 4. The Balaban J connectivity index is 0.623. The molecule has 9 rings (SSSR count). The lowest BCUT2D eigenvalue weighted by Gasteiger charge is -2.36. The van der Waals surface area contributed by atoms with Crippen LogP contribution < -0.4 is 47.7 Å².